The van der Waals surface area contributed by atoms with E-state index in [-0.39, 0.29) is 11.3 Å². The third-order valence-corrected chi connectivity index (χ3v) is 11.0. The first kappa shape index (κ1) is 29.4. The van der Waals surface area contributed by atoms with Crippen LogP contribution in [0.4, 0.5) is 32.0 Å². The van der Waals surface area contributed by atoms with Crippen LogP contribution in [-0.2, 0) is 13.6 Å². The number of nitrogens with zero attached hydrogens (tertiary/aromatic N) is 2. The summed E-state index contributed by atoms with van der Waals surface area (Å²) in [5, 5.41) is -4.86. The number of anilines is 1. The molecule has 206 valence electrons. The molecule has 0 saturated carbocycles. The second-order valence-electron chi connectivity index (χ2n) is 8.62. The van der Waals surface area contributed by atoms with Gasteiger partial charge in [-0.3, -0.25) is 0 Å². The Morgan fingerprint density at radius 2 is 1.22 bits per heavy atom. The third kappa shape index (κ3) is 4.06. The molecule has 12 heteroatoms. The molecule has 3 rings (SSSR count). The van der Waals surface area contributed by atoms with E-state index >= 15 is 26.3 Å². The Morgan fingerprint density at radius 3 is 1.59 bits per heavy atom. The van der Waals surface area contributed by atoms with E-state index in [2.05, 4.69) is 4.99 Å². The molecule has 0 atom stereocenters. The Hall–Kier alpha value is -2.20. The second-order valence-corrected chi connectivity index (χ2v) is 12.1. The molecule has 37 heavy (non-hydrogen) atoms. The quantitative estimate of drug-likeness (QED) is 0.246. The van der Waals surface area contributed by atoms with Crippen LogP contribution in [0, 0.1) is 20.8 Å². The van der Waals surface area contributed by atoms with E-state index < -0.39 is 50.7 Å². The molecule has 1 aliphatic heterocycles. The van der Waals surface area contributed by atoms with Gasteiger partial charge in [-0.15, -0.1) is 0 Å². The molecule has 0 bridgehead atoms. The van der Waals surface area contributed by atoms with E-state index in [9.17, 15) is 0 Å². The van der Waals surface area contributed by atoms with Crippen LogP contribution in [0.5, 0.6) is 0 Å². The van der Waals surface area contributed by atoms with E-state index in [1.807, 2.05) is 0 Å². The predicted molar refractivity (Wildman–Crippen MR) is 133 cm³/mol. The van der Waals surface area contributed by atoms with E-state index in [0.29, 0.717) is 11.1 Å². The number of alkyl halides is 6. The van der Waals surface area contributed by atoms with Gasteiger partial charge in [0.05, 0.1) is 0 Å². The fourth-order valence-corrected chi connectivity index (χ4v) is 10.2. The number of benzene rings is 2. The molecule has 0 amide bonds. The maximum atomic E-state index is 15.2. The first-order chi connectivity index (χ1) is 17.2. The molecule has 0 radical (unpaired) electrons. The van der Waals surface area contributed by atoms with E-state index in [4.69, 9.17) is 13.6 Å². The number of aryl methyl sites for hydroxylation is 3. The Labute approximate surface area is 212 Å². The van der Waals surface area contributed by atoms with Gasteiger partial charge >= 0.3 is 212 Å². The summed E-state index contributed by atoms with van der Waals surface area (Å²) in [6, 6.07) is 10.7. The number of hydrogen-bond donors (Lipinski definition) is 0. The van der Waals surface area contributed by atoms with Crippen molar-refractivity contribution in [3.63, 3.8) is 0 Å². The van der Waals surface area contributed by atoms with E-state index in [0.717, 1.165) is 10.2 Å². The van der Waals surface area contributed by atoms with Gasteiger partial charge in [0, 0.05) is 0 Å². The van der Waals surface area contributed by atoms with Crippen molar-refractivity contribution >= 4 is 19.0 Å². The van der Waals surface area contributed by atoms with Crippen LogP contribution in [0.2, 0.25) is 0 Å². The number of aliphatic imine (C=N–C) groups is 1. The fraction of sp³-hybridized carbons (Fsp3) is 0.480. The van der Waals surface area contributed by atoms with Crippen LogP contribution in [0.1, 0.15) is 43.0 Å². The maximum absolute atomic E-state index is 15.2. The summed E-state index contributed by atoms with van der Waals surface area (Å²) < 4.78 is 109. The van der Waals surface area contributed by atoms with E-state index in [1.165, 1.54) is 45.0 Å². The molecule has 0 aliphatic carbocycles. The molecule has 2 aromatic rings. The summed E-state index contributed by atoms with van der Waals surface area (Å²) in [5.74, 6) is -0.599. The molecule has 0 unspecified atom stereocenters. The van der Waals surface area contributed by atoms with Crippen LogP contribution in [0.15, 0.2) is 47.5 Å². The van der Waals surface area contributed by atoms with Crippen molar-refractivity contribution in [3.8, 4) is 0 Å². The van der Waals surface area contributed by atoms with Crippen molar-refractivity contribution in [2.75, 3.05) is 24.5 Å². The Balaban J connectivity index is 2.72. The summed E-state index contributed by atoms with van der Waals surface area (Å²) in [4.78, 5) is 3.55. The van der Waals surface area contributed by atoms with Crippen LogP contribution in [0.25, 0.3) is 0 Å². The van der Waals surface area contributed by atoms with Gasteiger partial charge in [-0.25, -0.2) is 0 Å². The van der Waals surface area contributed by atoms with Crippen molar-refractivity contribution in [2.24, 2.45) is 4.99 Å². The van der Waals surface area contributed by atoms with Gasteiger partial charge in [0.2, 0.25) is 0 Å². The second kappa shape index (κ2) is 9.84. The van der Waals surface area contributed by atoms with E-state index in [1.54, 1.807) is 39.0 Å². The number of halogens is 6. The molecule has 0 fully saturated rings. The minimum absolute atomic E-state index is 0.0189. The SMILES string of the molecule is CCOP1(OCC)(OCC)N(c2c(C)cc(C)cc2C)C(c2ccccc2)=NC1(C(F)(F)F)C(F)(F)F. The van der Waals surface area contributed by atoms with Gasteiger partial charge in [-0.2, -0.15) is 0 Å². The van der Waals surface area contributed by atoms with Crippen molar-refractivity contribution in [1.29, 1.82) is 0 Å². The molecule has 0 aromatic heterocycles. The first-order valence-corrected chi connectivity index (χ1v) is 13.7. The summed E-state index contributed by atoms with van der Waals surface area (Å²) >= 11 is 0. The average molecular weight is 552 g/mol. The fourth-order valence-electron chi connectivity index (χ4n) is 5.11. The van der Waals surface area contributed by atoms with Crippen molar-refractivity contribution < 1.29 is 39.9 Å². The topological polar surface area (TPSA) is 43.3 Å². The summed E-state index contributed by atoms with van der Waals surface area (Å²) in [6.07, 6.45) is -12.0. The van der Waals surface area contributed by atoms with Crippen molar-refractivity contribution in [2.45, 2.75) is 59.2 Å². The van der Waals surface area contributed by atoms with Crippen LogP contribution in [-0.4, -0.2) is 43.3 Å². The van der Waals surface area contributed by atoms with Gasteiger partial charge in [0.25, 0.3) is 0 Å². The van der Waals surface area contributed by atoms with Gasteiger partial charge in [-0.1, -0.05) is 0 Å². The zero-order valence-corrected chi connectivity index (χ0v) is 22.4. The molecule has 0 spiro atoms. The van der Waals surface area contributed by atoms with Crippen molar-refractivity contribution in [1.82, 2.24) is 0 Å². The Bertz CT molecular complexity index is 1110. The molecule has 0 saturated heterocycles. The summed E-state index contributed by atoms with van der Waals surface area (Å²) in [7, 11) is -6.58. The van der Waals surface area contributed by atoms with Gasteiger partial charge < -0.3 is 0 Å². The van der Waals surface area contributed by atoms with Gasteiger partial charge in [-0.05, 0) is 0 Å². The number of hydrogen-bond acceptors (Lipinski definition) is 5. The monoisotopic (exact) mass is 552 g/mol. The molecular weight excluding hydrogens is 521 g/mol. The van der Waals surface area contributed by atoms with Crippen molar-refractivity contribution in [3.05, 3.63) is 64.7 Å². The molecule has 2 aromatic carbocycles. The zero-order chi connectivity index (χ0) is 27.9. The van der Waals surface area contributed by atoms with Gasteiger partial charge in [0.15, 0.2) is 0 Å². The molecule has 1 aliphatic rings. The van der Waals surface area contributed by atoms with Crippen LogP contribution in [0.3, 0.4) is 0 Å². The average Bonchev–Trinajstić information content (AvgIpc) is 3.03. The molecule has 1 heterocycles. The predicted octanol–water partition coefficient (Wildman–Crippen LogP) is 8.02. The zero-order valence-electron chi connectivity index (χ0n) is 21.5. The molecule has 0 N–H and O–H groups in total. The number of rotatable bonds is 8. The van der Waals surface area contributed by atoms with Crippen LogP contribution < -0.4 is 4.67 Å². The third-order valence-electron chi connectivity index (χ3n) is 6.09. The van der Waals surface area contributed by atoms with Gasteiger partial charge in [0.1, 0.15) is 0 Å². The minimum atomic E-state index is -6.58. The number of amidine groups is 1. The molecule has 5 nitrogen and oxygen atoms in total. The summed E-state index contributed by atoms with van der Waals surface area (Å²) in [6.45, 7) is 7.20. The van der Waals surface area contributed by atoms with Crippen LogP contribution >= 0.6 is 7.43 Å². The Morgan fingerprint density at radius 1 is 0.784 bits per heavy atom. The summed E-state index contributed by atoms with van der Waals surface area (Å²) in [5.41, 5.74) is 1.67. The first-order valence-electron chi connectivity index (χ1n) is 11.8. The molecular formula is C25H31F6N2O3P. The normalized spacial score (nSPS) is 19.8. The standard InChI is InChI=1S/C25H31F6N2O3P/c1-7-34-37(35-8-2,36-9-3)23(24(26,27)28,25(29,30)31)32-22(20-13-11-10-12-14-20)33(37)21-18(5)15-17(4)16-19(21)6/h10-16H,7-9H2,1-6H3. The Kier molecular flexibility index (Phi) is 7.80.